The van der Waals surface area contributed by atoms with Gasteiger partial charge in [-0.05, 0) is 42.9 Å². The lowest BCUT2D eigenvalue weighted by Crippen LogP contribution is -2.27. The molecule has 4 nitrogen and oxygen atoms in total. The second-order valence-electron chi connectivity index (χ2n) is 5.35. The number of ether oxygens (including phenoxy) is 1. The van der Waals surface area contributed by atoms with Crippen molar-refractivity contribution in [2.24, 2.45) is 5.92 Å². The van der Waals surface area contributed by atoms with Gasteiger partial charge in [-0.15, -0.1) is 0 Å². The van der Waals surface area contributed by atoms with Crippen LogP contribution in [0.4, 0.5) is 5.69 Å². The number of hydrogen-bond donors (Lipinski definition) is 1. The van der Waals surface area contributed by atoms with Gasteiger partial charge in [-0.3, -0.25) is 9.46 Å². The third-order valence-corrected chi connectivity index (χ3v) is 4.37. The molecule has 0 spiro atoms. The maximum atomic E-state index is 11.3. The van der Waals surface area contributed by atoms with Crippen LogP contribution in [0.15, 0.2) is 18.2 Å². The van der Waals surface area contributed by atoms with Crippen LogP contribution in [0.2, 0.25) is 0 Å². The Hall–Kier alpha value is -1.12. The van der Waals surface area contributed by atoms with E-state index in [9.17, 15) is 4.79 Å². The predicted octanol–water partition coefficient (Wildman–Crippen LogP) is 2.06. The number of hydrogen-bond acceptors (Lipinski definition) is 3. The van der Waals surface area contributed by atoms with Gasteiger partial charge in [0.15, 0.2) is 6.61 Å². The molecule has 1 amide bonds. The molecule has 1 atom stereocenters. The van der Waals surface area contributed by atoms with Gasteiger partial charge in [0.2, 0.25) is 0 Å². The first-order valence-electron chi connectivity index (χ1n) is 6.76. The number of piperidine rings is 1. The maximum absolute atomic E-state index is 11.3. The van der Waals surface area contributed by atoms with E-state index < -0.39 is 0 Å². The number of nitrogens with zero attached hydrogens (tertiary/aromatic N) is 1. The van der Waals surface area contributed by atoms with E-state index >= 15 is 0 Å². The highest BCUT2D eigenvalue weighted by molar-refractivity contribution is 7.13. The second-order valence-corrected chi connectivity index (χ2v) is 6.08. The minimum atomic E-state index is -0.0686. The summed E-state index contributed by atoms with van der Waals surface area (Å²) in [6, 6.07) is 6.14. The smallest absolute Gasteiger partial charge is 0.262 e. The first kappa shape index (κ1) is 12.9. The fraction of sp³-hybridized carbons (Fsp3) is 0.500. The van der Waals surface area contributed by atoms with Crippen molar-refractivity contribution in [3.63, 3.8) is 0 Å². The van der Waals surface area contributed by atoms with Crippen molar-refractivity contribution in [2.45, 2.75) is 19.3 Å². The molecular weight excluding hydrogens is 259 g/mol. The quantitative estimate of drug-likeness (QED) is 0.842. The summed E-state index contributed by atoms with van der Waals surface area (Å²) in [5.74, 6) is 1.46. The summed E-state index contributed by atoms with van der Waals surface area (Å²) in [6.45, 7) is 2.43. The molecule has 2 aliphatic heterocycles. The summed E-state index contributed by atoms with van der Waals surface area (Å²) in [7, 11) is 2.78. The molecule has 2 heterocycles. The summed E-state index contributed by atoms with van der Waals surface area (Å²) in [4.78, 5) is 11.3. The second kappa shape index (κ2) is 5.48. The largest absolute Gasteiger partial charge is 0.482 e. The van der Waals surface area contributed by atoms with Gasteiger partial charge in [-0.25, -0.2) is 0 Å². The average Bonchev–Trinajstić information content (AvgIpc) is 2.41. The Kier molecular flexibility index (Phi) is 3.72. The molecule has 1 unspecified atom stereocenters. The van der Waals surface area contributed by atoms with Crippen LogP contribution in [0.3, 0.4) is 0 Å². The molecule has 1 aromatic rings. The van der Waals surface area contributed by atoms with Gasteiger partial charge < -0.3 is 10.1 Å². The summed E-state index contributed by atoms with van der Waals surface area (Å²) in [6.07, 6.45) is 3.56. The number of benzene rings is 1. The Morgan fingerprint density at radius 1 is 1.37 bits per heavy atom. The predicted molar refractivity (Wildman–Crippen MR) is 78.3 cm³/mol. The van der Waals surface area contributed by atoms with Crippen molar-refractivity contribution in [3.05, 3.63) is 23.8 Å². The molecule has 1 N–H and O–H groups in total. The van der Waals surface area contributed by atoms with Gasteiger partial charge >= 0.3 is 0 Å². The third kappa shape index (κ3) is 3.07. The van der Waals surface area contributed by atoms with E-state index in [-0.39, 0.29) is 12.5 Å². The molecular formula is C14H19N2O2P. The van der Waals surface area contributed by atoms with Crippen LogP contribution in [0.25, 0.3) is 0 Å². The van der Waals surface area contributed by atoms with E-state index in [1.54, 1.807) is 0 Å². The monoisotopic (exact) mass is 278 g/mol. The Morgan fingerprint density at radius 2 is 2.16 bits per heavy atom. The van der Waals surface area contributed by atoms with E-state index in [2.05, 4.69) is 31.5 Å². The lowest BCUT2D eigenvalue weighted by Gasteiger charge is -2.29. The molecule has 1 fully saturated rings. The lowest BCUT2D eigenvalue weighted by molar-refractivity contribution is -0.118. The van der Waals surface area contributed by atoms with Crippen LogP contribution in [0.1, 0.15) is 18.4 Å². The molecule has 0 aromatic heterocycles. The number of fused-ring (bicyclic) bond motifs is 1. The van der Waals surface area contributed by atoms with Gasteiger partial charge in [-0.2, -0.15) is 0 Å². The SMILES string of the molecule is O=C1COc2ccc(CC3CCN(P)CC3)cc2N1. The highest BCUT2D eigenvalue weighted by atomic mass is 31.0. The first-order valence-corrected chi connectivity index (χ1v) is 7.27. The molecule has 0 aliphatic carbocycles. The lowest BCUT2D eigenvalue weighted by atomic mass is 9.91. The zero-order valence-electron chi connectivity index (χ0n) is 10.9. The van der Waals surface area contributed by atoms with E-state index in [1.165, 1.54) is 18.4 Å². The Balaban J connectivity index is 1.68. The average molecular weight is 278 g/mol. The normalized spacial score (nSPS) is 20.6. The highest BCUT2D eigenvalue weighted by Crippen LogP contribution is 2.30. The molecule has 3 rings (SSSR count). The Bertz CT molecular complexity index is 484. The fourth-order valence-electron chi connectivity index (χ4n) is 2.75. The molecule has 0 saturated carbocycles. The third-order valence-electron chi connectivity index (χ3n) is 3.85. The number of anilines is 1. The van der Waals surface area contributed by atoms with Crippen molar-refractivity contribution in [1.82, 2.24) is 4.67 Å². The number of amides is 1. The number of carbonyl (C=O) groups excluding carboxylic acids is 1. The maximum Gasteiger partial charge on any atom is 0.262 e. The molecule has 0 bridgehead atoms. The molecule has 1 saturated heterocycles. The van der Waals surface area contributed by atoms with Crippen molar-refractivity contribution >= 4 is 21.0 Å². The number of nitrogens with one attached hydrogen (secondary N) is 1. The van der Waals surface area contributed by atoms with Crippen molar-refractivity contribution in [2.75, 3.05) is 25.0 Å². The fourth-order valence-corrected chi connectivity index (χ4v) is 3.05. The number of carbonyl (C=O) groups is 1. The standard InChI is InChI=1S/C14H19N2O2P/c17-14-9-18-13-2-1-11(8-12(13)15-14)7-10-3-5-16(19)6-4-10/h1-2,8,10H,3-7,9,19H2,(H,15,17). The minimum absolute atomic E-state index is 0.0686. The summed E-state index contributed by atoms with van der Waals surface area (Å²) >= 11 is 0. The molecule has 5 heteroatoms. The van der Waals surface area contributed by atoms with E-state index in [0.717, 1.165) is 36.9 Å². The van der Waals surface area contributed by atoms with Gasteiger partial charge in [-0.1, -0.05) is 15.5 Å². The van der Waals surface area contributed by atoms with Gasteiger partial charge in [0.05, 0.1) is 5.69 Å². The van der Waals surface area contributed by atoms with Crippen molar-refractivity contribution < 1.29 is 9.53 Å². The topological polar surface area (TPSA) is 41.6 Å². The van der Waals surface area contributed by atoms with E-state index in [1.807, 2.05) is 6.07 Å². The molecule has 1 aromatic carbocycles. The van der Waals surface area contributed by atoms with Crippen LogP contribution in [-0.4, -0.2) is 30.3 Å². The Morgan fingerprint density at radius 3 is 2.95 bits per heavy atom. The summed E-state index contributed by atoms with van der Waals surface area (Å²) in [5.41, 5.74) is 2.10. The van der Waals surface area contributed by atoms with Crippen LogP contribution in [0, 0.1) is 5.92 Å². The van der Waals surface area contributed by atoms with Crippen LogP contribution >= 0.6 is 9.39 Å². The Labute approximate surface area is 115 Å². The molecule has 19 heavy (non-hydrogen) atoms. The summed E-state index contributed by atoms with van der Waals surface area (Å²) < 4.78 is 7.68. The van der Waals surface area contributed by atoms with Gasteiger partial charge in [0, 0.05) is 13.1 Å². The minimum Gasteiger partial charge on any atom is -0.482 e. The number of rotatable bonds is 2. The zero-order valence-corrected chi connectivity index (χ0v) is 12.0. The van der Waals surface area contributed by atoms with Crippen molar-refractivity contribution in [3.8, 4) is 5.75 Å². The first-order chi connectivity index (χ1) is 9.20. The van der Waals surface area contributed by atoms with Crippen LogP contribution < -0.4 is 10.1 Å². The van der Waals surface area contributed by atoms with Crippen LogP contribution in [-0.2, 0) is 11.2 Å². The molecule has 0 radical (unpaired) electrons. The molecule has 2 aliphatic rings. The van der Waals surface area contributed by atoms with Crippen molar-refractivity contribution in [1.29, 1.82) is 0 Å². The van der Waals surface area contributed by atoms with E-state index in [0.29, 0.717) is 0 Å². The summed E-state index contributed by atoms with van der Waals surface area (Å²) in [5, 5.41) is 2.87. The van der Waals surface area contributed by atoms with Gasteiger partial charge in [0.1, 0.15) is 5.75 Å². The van der Waals surface area contributed by atoms with Gasteiger partial charge in [0.25, 0.3) is 5.91 Å². The highest BCUT2D eigenvalue weighted by Gasteiger charge is 2.19. The van der Waals surface area contributed by atoms with Crippen LogP contribution in [0.5, 0.6) is 5.75 Å². The molecule has 102 valence electrons. The van der Waals surface area contributed by atoms with E-state index in [4.69, 9.17) is 4.74 Å². The zero-order chi connectivity index (χ0) is 13.2.